The first kappa shape index (κ1) is 17.6. The quantitative estimate of drug-likeness (QED) is 0.711. The maximum absolute atomic E-state index is 12.0. The molecule has 1 aromatic carbocycles. The molecule has 0 aliphatic carbocycles. The lowest BCUT2D eigenvalue weighted by Crippen LogP contribution is -2.19. The second-order valence-electron chi connectivity index (χ2n) is 5.87. The Hall–Kier alpha value is -3.22. The van der Waals surface area contributed by atoms with Gasteiger partial charge < -0.3 is 10.1 Å². The van der Waals surface area contributed by atoms with Gasteiger partial charge in [-0.2, -0.15) is 4.98 Å². The summed E-state index contributed by atoms with van der Waals surface area (Å²) < 4.78 is 6.31. The van der Waals surface area contributed by atoms with Gasteiger partial charge in [-0.3, -0.25) is 9.36 Å². The molecule has 134 valence electrons. The number of aryl methyl sites for hydroxylation is 1. The fourth-order valence-corrected chi connectivity index (χ4v) is 2.75. The second kappa shape index (κ2) is 7.35. The van der Waals surface area contributed by atoms with E-state index in [2.05, 4.69) is 15.3 Å². The van der Waals surface area contributed by atoms with Crippen molar-refractivity contribution in [1.29, 1.82) is 0 Å². The molecule has 0 saturated carbocycles. The van der Waals surface area contributed by atoms with Crippen LogP contribution >= 0.6 is 0 Å². The number of hydrogen-bond acceptors (Lipinski definition) is 6. The number of aromatic nitrogens is 3. The number of nitrogens with zero attached hydrogens (tertiary/aromatic N) is 3. The number of hydrogen-bond donors (Lipinski definition) is 1. The zero-order valence-electron chi connectivity index (χ0n) is 14.9. The molecule has 0 fully saturated rings. The van der Waals surface area contributed by atoms with E-state index in [0.29, 0.717) is 23.7 Å². The Labute approximate surface area is 150 Å². The number of nitrogens with one attached hydrogen (secondary N) is 1. The number of methoxy groups -OCH3 is 1. The first-order chi connectivity index (χ1) is 12.5. The molecule has 7 nitrogen and oxygen atoms in total. The van der Waals surface area contributed by atoms with Crippen molar-refractivity contribution in [3.05, 3.63) is 64.1 Å². The molecule has 2 heterocycles. The van der Waals surface area contributed by atoms with Gasteiger partial charge >= 0.3 is 5.97 Å². The Balaban J connectivity index is 1.86. The van der Waals surface area contributed by atoms with Crippen molar-refractivity contribution >= 4 is 23.0 Å². The molecule has 1 N–H and O–H groups in total. The van der Waals surface area contributed by atoms with Crippen LogP contribution in [0.25, 0.3) is 11.0 Å². The molecule has 1 atom stereocenters. The second-order valence-corrected chi connectivity index (χ2v) is 5.87. The first-order valence-electron chi connectivity index (χ1n) is 8.35. The normalized spacial score (nSPS) is 12.0. The maximum atomic E-state index is 12.0. The van der Waals surface area contributed by atoms with E-state index >= 15 is 0 Å². The van der Waals surface area contributed by atoms with Gasteiger partial charge in [0.05, 0.1) is 18.7 Å². The van der Waals surface area contributed by atoms with E-state index in [1.165, 1.54) is 13.2 Å². The molecule has 0 radical (unpaired) electrons. The van der Waals surface area contributed by atoms with Gasteiger partial charge in [0, 0.05) is 24.2 Å². The minimum atomic E-state index is -0.368. The van der Waals surface area contributed by atoms with Crippen LogP contribution in [0, 0.1) is 0 Å². The minimum absolute atomic E-state index is 0.0790. The standard InChI is InChI=1S/C19H20N4O3/c1-4-23-16(24)10-9-15-11-20-19(22-17(15)23)21-12(2)13-5-7-14(8-6-13)18(25)26-3/h5-12H,4H2,1-3H3,(H,20,21,22). The number of carbonyl (C=O) groups excluding carboxylic acids is 1. The molecule has 7 heteroatoms. The molecule has 0 aliphatic heterocycles. The first-order valence-corrected chi connectivity index (χ1v) is 8.35. The van der Waals surface area contributed by atoms with E-state index in [-0.39, 0.29) is 17.6 Å². The van der Waals surface area contributed by atoms with E-state index in [1.807, 2.05) is 26.0 Å². The third kappa shape index (κ3) is 3.42. The summed E-state index contributed by atoms with van der Waals surface area (Å²) in [5.74, 6) is 0.0717. The van der Waals surface area contributed by atoms with Crippen molar-refractivity contribution < 1.29 is 9.53 Å². The maximum Gasteiger partial charge on any atom is 0.337 e. The van der Waals surface area contributed by atoms with Gasteiger partial charge in [-0.25, -0.2) is 9.78 Å². The van der Waals surface area contributed by atoms with Gasteiger partial charge in [0.1, 0.15) is 5.65 Å². The topological polar surface area (TPSA) is 86.1 Å². The monoisotopic (exact) mass is 352 g/mol. The fourth-order valence-electron chi connectivity index (χ4n) is 2.75. The van der Waals surface area contributed by atoms with Gasteiger partial charge in [0.25, 0.3) is 5.56 Å². The lowest BCUT2D eigenvalue weighted by molar-refractivity contribution is 0.0600. The van der Waals surface area contributed by atoms with Crippen molar-refractivity contribution in [3.63, 3.8) is 0 Å². The summed E-state index contributed by atoms with van der Waals surface area (Å²) in [6, 6.07) is 10.3. The van der Waals surface area contributed by atoms with E-state index in [9.17, 15) is 9.59 Å². The molecule has 0 spiro atoms. The zero-order chi connectivity index (χ0) is 18.7. The van der Waals surface area contributed by atoms with Crippen molar-refractivity contribution in [2.24, 2.45) is 0 Å². The molecule has 1 unspecified atom stereocenters. The average molecular weight is 352 g/mol. The van der Waals surface area contributed by atoms with Crippen LogP contribution in [0.2, 0.25) is 0 Å². The van der Waals surface area contributed by atoms with Crippen LogP contribution in [0.4, 0.5) is 5.95 Å². The lowest BCUT2D eigenvalue weighted by Gasteiger charge is -2.15. The van der Waals surface area contributed by atoms with Crippen LogP contribution in [-0.4, -0.2) is 27.6 Å². The summed E-state index contributed by atoms with van der Waals surface area (Å²) in [5.41, 5.74) is 1.99. The molecular formula is C19H20N4O3. The van der Waals surface area contributed by atoms with Crippen LogP contribution in [-0.2, 0) is 11.3 Å². The van der Waals surface area contributed by atoms with Crippen molar-refractivity contribution in [3.8, 4) is 0 Å². The van der Waals surface area contributed by atoms with Gasteiger partial charge in [-0.15, -0.1) is 0 Å². The fraction of sp³-hybridized carbons (Fsp3) is 0.263. The number of rotatable bonds is 5. The van der Waals surface area contributed by atoms with Crippen molar-refractivity contribution in [2.45, 2.75) is 26.4 Å². The SMILES string of the molecule is CCn1c(=O)ccc2cnc(NC(C)c3ccc(C(=O)OC)cc3)nc21. The van der Waals surface area contributed by atoms with Crippen LogP contribution in [0.15, 0.2) is 47.4 Å². The molecule has 0 amide bonds. The largest absolute Gasteiger partial charge is 0.465 e. The van der Waals surface area contributed by atoms with Gasteiger partial charge in [-0.1, -0.05) is 12.1 Å². The summed E-state index contributed by atoms with van der Waals surface area (Å²) in [4.78, 5) is 32.3. The molecular weight excluding hydrogens is 332 g/mol. The Morgan fingerprint density at radius 1 is 1.23 bits per heavy atom. The van der Waals surface area contributed by atoms with Crippen molar-refractivity contribution in [2.75, 3.05) is 12.4 Å². The smallest absolute Gasteiger partial charge is 0.337 e. The molecule has 2 aromatic heterocycles. The highest BCUT2D eigenvalue weighted by Crippen LogP contribution is 2.19. The predicted octanol–water partition coefficient (Wildman–Crippen LogP) is 2.77. The Morgan fingerprint density at radius 3 is 2.62 bits per heavy atom. The van der Waals surface area contributed by atoms with E-state index in [1.54, 1.807) is 29.0 Å². The van der Waals surface area contributed by atoms with E-state index in [4.69, 9.17) is 4.74 Å². The van der Waals surface area contributed by atoms with E-state index < -0.39 is 0 Å². The highest BCUT2D eigenvalue weighted by Gasteiger charge is 2.11. The van der Waals surface area contributed by atoms with Gasteiger partial charge in [0.15, 0.2) is 0 Å². The highest BCUT2D eigenvalue weighted by molar-refractivity contribution is 5.89. The molecule has 3 aromatic rings. The van der Waals surface area contributed by atoms with Crippen LogP contribution < -0.4 is 10.9 Å². The average Bonchev–Trinajstić information content (AvgIpc) is 2.67. The van der Waals surface area contributed by atoms with Crippen molar-refractivity contribution in [1.82, 2.24) is 14.5 Å². The third-order valence-corrected chi connectivity index (χ3v) is 4.22. The minimum Gasteiger partial charge on any atom is -0.465 e. The summed E-state index contributed by atoms with van der Waals surface area (Å²) in [6.45, 7) is 4.41. The number of benzene rings is 1. The predicted molar refractivity (Wildman–Crippen MR) is 99.3 cm³/mol. The number of pyridine rings is 1. The Bertz CT molecular complexity index is 996. The Kier molecular flexibility index (Phi) is 4.97. The number of fused-ring (bicyclic) bond motifs is 1. The van der Waals surface area contributed by atoms with Gasteiger partial charge in [-0.05, 0) is 37.6 Å². The molecule has 0 bridgehead atoms. The Morgan fingerprint density at radius 2 is 1.96 bits per heavy atom. The van der Waals surface area contributed by atoms with Gasteiger partial charge in [0.2, 0.25) is 5.95 Å². The summed E-state index contributed by atoms with van der Waals surface area (Å²) >= 11 is 0. The number of esters is 1. The molecule has 0 saturated heterocycles. The molecule has 0 aliphatic rings. The number of ether oxygens (including phenoxy) is 1. The van der Waals surface area contributed by atoms with Crippen LogP contribution in [0.3, 0.4) is 0 Å². The third-order valence-electron chi connectivity index (χ3n) is 4.22. The summed E-state index contributed by atoms with van der Waals surface area (Å²) in [6.07, 6.45) is 1.70. The summed E-state index contributed by atoms with van der Waals surface area (Å²) in [7, 11) is 1.35. The lowest BCUT2D eigenvalue weighted by atomic mass is 10.1. The van der Waals surface area contributed by atoms with E-state index in [0.717, 1.165) is 10.9 Å². The molecule has 26 heavy (non-hydrogen) atoms. The number of anilines is 1. The zero-order valence-corrected chi connectivity index (χ0v) is 14.9. The van der Waals surface area contributed by atoms with Crippen LogP contribution in [0.1, 0.15) is 35.8 Å². The van der Waals surface area contributed by atoms with Crippen LogP contribution in [0.5, 0.6) is 0 Å². The highest BCUT2D eigenvalue weighted by atomic mass is 16.5. The number of carbonyl (C=O) groups is 1. The summed E-state index contributed by atoms with van der Waals surface area (Å²) in [5, 5.41) is 4.04. The molecule has 3 rings (SSSR count).